The van der Waals surface area contributed by atoms with Gasteiger partial charge in [-0.2, -0.15) is 0 Å². The molecule has 0 aromatic heterocycles. The molecule has 2 unspecified atom stereocenters. The number of rotatable bonds is 15. The number of allylic oxidation sites excluding steroid dienone is 6. The van der Waals surface area contributed by atoms with Crippen LogP contribution in [0.1, 0.15) is 208 Å². The van der Waals surface area contributed by atoms with E-state index < -0.39 is 0 Å². The van der Waals surface area contributed by atoms with E-state index in [2.05, 4.69) is 126 Å². The minimum atomic E-state index is 0.313. The van der Waals surface area contributed by atoms with E-state index in [0.29, 0.717) is 10.8 Å². The first kappa shape index (κ1) is 50.1. The predicted octanol–water partition coefficient (Wildman–Crippen LogP) is 16.5. The van der Waals surface area contributed by atoms with Gasteiger partial charge in [0.25, 0.3) is 0 Å². The van der Waals surface area contributed by atoms with Crippen molar-refractivity contribution in [1.82, 2.24) is 0 Å². The van der Waals surface area contributed by atoms with Gasteiger partial charge in [0.2, 0.25) is 0 Å². The van der Waals surface area contributed by atoms with Gasteiger partial charge in [0.05, 0.1) is 0 Å². The summed E-state index contributed by atoms with van der Waals surface area (Å²) in [5.74, 6) is 4.82. The van der Waals surface area contributed by atoms with Crippen LogP contribution in [0.25, 0.3) is 0 Å². The van der Waals surface area contributed by atoms with E-state index in [9.17, 15) is 0 Å². The number of hydrogen-bond donors (Lipinski definition) is 0. The van der Waals surface area contributed by atoms with E-state index >= 15 is 0 Å². The summed E-state index contributed by atoms with van der Waals surface area (Å²) in [6.45, 7) is 37.9. The second-order valence-corrected chi connectivity index (χ2v) is 15.3. The molecule has 0 aliphatic heterocycles. The van der Waals surface area contributed by atoms with Gasteiger partial charge in [0.15, 0.2) is 0 Å². The molecule has 0 amide bonds. The number of unbranched alkanes of at least 4 members (excludes halogenated alkanes) is 1. The molecule has 266 valence electrons. The van der Waals surface area contributed by atoms with Crippen molar-refractivity contribution in [1.29, 1.82) is 0 Å². The van der Waals surface area contributed by atoms with Gasteiger partial charge in [-0.3, -0.25) is 0 Å². The maximum absolute atomic E-state index is 2.42. The standard InChI is InChI=1S/C16H32.C13H22.C11H24.2C2H6/c1-4-6-7-15(5-2)12-13-16-10-8-14(3)9-11-16;1-5-6-7-8-9-10-11-12-13(2,3)4;1-7-11(5,6)8-10(4)9(2)3;2*1-2/h14-16H,4-13H2,1-3H3;6-9,11-12H,5,10H2,1-4H3;9-10H,7-8H2,1-6H3;2*1-2H3/b;7-6+,9-8-,12-11?;;;. The molecular formula is C44H90. The molecule has 0 saturated heterocycles. The molecular weight excluding hydrogens is 528 g/mol. The third-order valence-electron chi connectivity index (χ3n) is 9.14. The molecule has 0 N–H and O–H groups in total. The Bertz CT molecular complexity index is 610. The molecule has 0 heteroatoms. The highest BCUT2D eigenvalue weighted by atomic mass is 14.3. The van der Waals surface area contributed by atoms with Crippen molar-refractivity contribution in [3.05, 3.63) is 36.5 Å². The first-order chi connectivity index (χ1) is 20.7. The van der Waals surface area contributed by atoms with Crippen LogP contribution < -0.4 is 0 Å². The van der Waals surface area contributed by atoms with Gasteiger partial charge < -0.3 is 0 Å². The van der Waals surface area contributed by atoms with Gasteiger partial charge >= 0.3 is 0 Å². The summed E-state index contributed by atoms with van der Waals surface area (Å²) in [4.78, 5) is 0. The smallest absolute Gasteiger partial charge is 0.0166 e. The summed E-state index contributed by atoms with van der Waals surface area (Å²) in [7, 11) is 0. The molecule has 0 heterocycles. The maximum atomic E-state index is 2.42. The van der Waals surface area contributed by atoms with E-state index in [4.69, 9.17) is 0 Å². The molecule has 0 bridgehead atoms. The fourth-order valence-corrected chi connectivity index (χ4v) is 5.26. The minimum absolute atomic E-state index is 0.313. The molecule has 0 aromatic rings. The Labute approximate surface area is 283 Å². The van der Waals surface area contributed by atoms with Crippen LogP contribution in [0.4, 0.5) is 0 Å². The summed E-state index contributed by atoms with van der Waals surface area (Å²) in [5.41, 5.74) is 0.858. The van der Waals surface area contributed by atoms with E-state index in [1.54, 1.807) is 0 Å². The topological polar surface area (TPSA) is 0 Å². The highest BCUT2D eigenvalue weighted by Gasteiger charge is 2.20. The Balaban J connectivity index is -0.000000262. The van der Waals surface area contributed by atoms with Crippen LogP contribution in [-0.4, -0.2) is 0 Å². The maximum Gasteiger partial charge on any atom is -0.0166 e. The van der Waals surface area contributed by atoms with Crippen LogP contribution in [0.15, 0.2) is 36.5 Å². The van der Waals surface area contributed by atoms with Crippen molar-refractivity contribution >= 4 is 0 Å². The summed E-state index contributed by atoms with van der Waals surface area (Å²) in [5, 5.41) is 0. The lowest BCUT2D eigenvalue weighted by Gasteiger charge is -2.28. The van der Waals surface area contributed by atoms with Crippen LogP contribution >= 0.6 is 0 Å². The molecule has 0 aromatic carbocycles. The molecule has 1 saturated carbocycles. The molecule has 2 atom stereocenters. The first-order valence-electron chi connectivity index (χ1n) is 19.7. The Morgan fingerprint density at radius 2 is 1.27 bits per heavy atom. The lowest BCUT2D eigenvalue weighted by atomic mass is 9.78. The zero-order valence-electron chi connectivity index (χ0n) is 34.3. The van der Waals surface area contributed by atoms with Crippen LogP contribution in [0.2, 0.25) is 0 Å². The molecule has 1 aliphatic rings. The number of hydrogen-bond acceptors (Lipinski definition) is 0. The molecule has 1 aliphatic carbocycles. The summed E-state index contributed by atoms with van der Waals surface area (Å²) in [6.07, 6.45) is 32.6. The van der Waals surface area contributed by atoms with Crippen molar-refractivity contribution in [3.63, 3.8) is 0 Å². The minimum Gasteiger partial charge on any atom is -0.0848 e. The molecule has 1 fully saturated rings. The van der Waals surface area contributed by atoms with Crippen molar-refractivity contribution in [2.45, 2.75) is 208 Å². The van der Waals surface area contributed by atoms with E-state index in [1.807, 2.05) is 27.7 Å². The monoisotopic (exact) mass is 619 g/mol. The lowest BCUT2D eigenvalue weighted by molar-refractivity contribution is 0.230. The van der Waals surface area contributed by atoms with Crippen LogP contribution in [0, 0.1) is 40.4 Å². The van der Waals surface area contributed by atoms with E-state index in [0.717, 1.165) is 42.4 Å². The van der Waals surface area contributed by atoms with Gasteiger partial charge in [-0.1, -0.05) is 225 Å². The average molecular weight is 619 g/mol. The van der Waals surface area contributed by atoms with Crippen molar-refractivity contribution in [3.8, 4) is 0 Å². The van der Waals surface area contributed by atoms with Crippen LogP contribution in [0.3, 0.4) is 0 Å². The Morgan fingerprint density at radius 1 is 0.727 bits per heavy atom. The third-order valence-corrected chi connectivity index (χ3v) is 9.14. The normalized spacial score (nSPS) is 18.4. The highest BCUT2D eigenvalue weighted by Crippen LogP contribution is 2.33. The molecule has 44 heavy (non-hydrogen) atoms. The van der Waals surface area contributed by atoms with Crippen molar-refractivity contribution in [2.75, 3.05) is 0 Å². The Kier molecular flexibility index (Phi) is 38.2. The SMILES string of the molecule is CC.CC.CC/C=C/C=C\CC=CC(C)(C)C.CCC(C)(C)CC(C)C(C)C.CCCCC(CC)CCC1CCC(C)CC1. The zero-order valence-corrected chi connectivity index (χ0v) is 34.3. The Morgan fingerprint density at radius 3 is 1.70 bits per heavy atom. The Hall–Kier alpha value is -0.780. The van der Waals surface area contributed by atoms with Crippen molar-refractivity contribution < 1.29 is 0 Å². The zero-order chi connectivity index (χ0) is 35.0. The fourth-order valence-electron chi connectivity index (χ4n) is 5.26. The van der Waals surface area contributed by atoms with E-state index in [1.165, 1.54) is 77.0 Å². The lowest BCUT2D eigenvalue weighted by Crippen LogP contribution is -2.17. The second-order valence-electron chi connectivity index (χ2n) is 15.3. The van der Waals surface area contributed by atoms with Gasteiger partial charge in [0.1, 0.15) is 0 Å². The quantitative estimate of drug-likeness (QED) is 0.126. The summed E-state index contributed by atoms with van der Waals surface area (Å²) in [6, 6.07) is 0. The van der Waals surface area contributed by atoms with Gasteiger partial charge in [-0.15, -0.1) is 0 Å². The van der Waals surface area contributed by atoms with Gasteiger partial charge in [-0.05, 0) is 59.7 Å². The van der Waals surface area contributed by atoms with Gasteiger partial charge in [-0.25, -0.2) is 0 Å². The highest BCUT2D eigenvalue weighted by molar-refractivity contribution is 5.05. The first-order valence-corrected chi connectivity index (χ1v) is 19.7. The largest absolute Gasteiger partial charge is 0.0848 e. The molecule has 1 rings (SSSR count). The third kappa shape index (κ3) is 37.4. The second kappa shape index (κ2) is 33.6. The predicted molar refractivity (Wildman–Crippen MR) is 211 cm³/mol. The van der Waals surface area contributed by atoms with E-state index in [-0.39, 0.29) is 0 Å². The fraction of sp³-hybridized carbons (Fsp3) is 0.864. The molecule has 0 radical (unpaired) electrons. The summed E-state index contributed by atoms with van der Waals surface area (Å²) >= 11 is 0. The molecule has 0 spiro atoms. The van der Waals surface area contributed by atoms with Gasteiger partial charge in [0, 0.05) is 0 Å². The van der Waals surface area contributed by atoms with Crippen LogP contribution in [0.5, 0.6) is 0 Å². The average Bonchev–Trinajstić information content (AvgIpc) is 2.99. The van der Waals surface area contributed by atoms with Crippen LogP contribution in [-0.2, 0) is 0 Å². The summed E-state index contributed by atoms with van der Waals surface area (Å²) < 4.78 is 0. The molecule has 0 nitrogen and oxygen atoms in total. The van der Waals surface area contributed by atoms with Crippen molar-refractivity contribution in [2.24, 2.45) is 40.4 Å².